The van der Waals surface area contributed by atoms with Gasteiger partial charge < -0.3 is 10.4 Å². The van der Waals surface area contributed by atoms with E-state index in [1.807, 2.05) is 0 Å². The highest BCUT2D eigenvalue weighted by molar-refractivity contribution is 5.63. The number of nitro benzene ring substituents is 1. The lowest BCUT2D eigenvalue weighted by molar-refractivity contribution is -0.386. The van der Waals surface area contributed by atoms with E-state index in [4.69, 9.17) is 0 Å². The van der Waals surface area contributed by atoms with Gasteiger partial charge in [-0.1, -0.05) is 13.0 Å². The number of aliphatic hydroxyl groups excluding tert-OH is 1. The summed E-state index contributed by atoms with van der Waals surface area (Å²) in [6.45, 7) is 2.03. The van der Waals surface area contributed by atoms with E-state index < -0.39 is 22.0 Å². The van der Waals surface area contributed by atoms with Crippen LogP contribution in [0.1, 0.15) is 32.6 Å². The smallest absolute Gasteiger partial charge is 0.327 e. The van der Waals surface area contributed by atoms with Gasteiger partial charge in [-0.25, -0.2) is 0 Å². The van der Waals surface area contributed by atoms with Crippen LogP contribution in [0.3, 0.4) is 0 Å². The Morgan fingerprint density at radius 2 is 2.15 bits per heavy atom. The second-order valence-corrected chi connectivity index (χ2v) is 5.64. The summed E-state index contributed by atoms with van der Waals surface area (Å²) in [4.78, 5) is 10.3. The fourth-order valence-corrected chi connectivity index (χ4v) is 2.72. The van der Waals surface area contributed by atoms with Crippen molar-refractivity contribution in [2.24, 2.45) is 5.92 Å². The second-order valence-electron chi connectivity index (χ2n) is 5.64. The average Bonchev–Trinajstić information content (AvgIpc) is 2.41. The Morgan fingerprint density at radius 1 is 1.50 bits per heavy atom. The van der Waals surface area contributed by atoms with Crippen LogP contribution in [0.5, 0.6) is 0 Å². The molecule has 1 aromatic rings. The van der Waals surface area contributed by atoms with Gasteiger partial charge in [0.15, 0.2) is 0 Å². The third-order valence-electron chi connectivity index (χ3n) is 4.10. The summed E-state index contributed by atoms with van der Waals surface area (Å²) in [5.74, 6) is -0.281. The number of aliphatic hydroxyl groups is 1. The van der Waals surface area contributed by atoms with Crippen molar-refractivity contribution in [1.29, 1.82) is 0 Å². The zero-order chi connectivity index (χ0) is 14.8. The number of para-hydroxylation sites is 1. The van der Waals surface area contributed by atoms with Crippen molar-refractivity contribution >= 4 is 11.4 Å². The molecule has 0 aliphatic heterocycles. The third-order valence-corrected chi connectivity index (χ3v) is 4.10. The predicted molar refractivity (Wildman–Crippen MR) is 74.1 cm³/mol. The van der Waals surface area contributed by atoms with Gasteiger partial charge in [0.05, 0.1) is 17.1 Å². The number of nitro groups is 1. The van der Waals surface area contributed by atoms with Gasteiger partial charge in [0, 0.05) is 0 Å². The topological polar surface area (TPSA) is 75.4 Å². The number of nitrogens with zero attached hydrogens (tertiary/aromatic N) is 1. The molecule has 0 amide bonds. The van der Waals surface area contributed by atoms with Crippen LogP contribution in [0.15, 0.2) is 18.2 Å². The number of benzene rings is 1. The third kappa shape index (κ3) is 2.90. The van der Waals surface area contributed by atoms with Crippen molar-refractivity contribution < 1.29 is 14.4 Å². The van der Waals surface area contributed by atoms with Crippen LogP contribution in [0.4, 0.5) is 15.8 Å². The normalized spacial score (nSPS) is 26.2. The van der Waals surface area contributed by atoms with E-state index >= 15 is 0 Å². The van der Waals surface area contributed by atoms with Crippen LogP contribution in [-0.4, -0.2) is 22.2 Å². The molecular weight excluding hydrogens is 263 g/mol. The lowest BCUT2D eigenvalue weighted by atomic mass is 9.77. The molecular formula is C14H19FN2O3. The summed E-state index contributed by atoms with van der Waals surface area (Å²) >= 11 is 0. The summed E-state index contributed by atoms with van der Waals surface area (Å²) in [6.07, 6.45) is 3.32. The van der Waals surface area contributed by atoms with Crippen molar-refractivity contribution in [1.82, 2.24) is 0 Å². The molecule has 0 atom stereocenters. The van der Waals surface area contributed by atoms with E-state index in [9.17, 15) is 19.6 Å². The van der Waals surface area contributed by atoms with Crippen LogP contribution < -0.4 is 5.32 Å². The van der Waals surface area contributed by atoms with Gasteiger partial charge >= 0.3 is 5.69 Å². The molecule has 110 valence electrons. The number of hydrogen-bond donors (Lipinski definition) is 2. The Hall–Kier alpha value is -1.69. The van der Waals surface area contributed by atoms with Crippen molar-refractivity contribution in [2.75, 3.05) is 11.9 Å². The Kier molecular flexibility index (Phi) is 4.23. The summed E-state index contributed by atoms with van der Waals surface area (Å²) < 4.78 is 13.6. The first-order valence-electron chi connectivity index (χ1n) is 6.79. The van der Waals surface area contributed by atoms with Gasteiger partial charge in [0.2, 0.25) is 5.82 Å². The maximum Gasteiger partial charge on any atom is 0.327 e. The Balaban J connectivity index is 2.28. The maximum atomic E-state index is 13.6. The zero-order valence-corrected chi connectivity index (χ0v) is 11.4. The highest BCUT2D eigenvalue weighted by Crippen LogP contribution is 2.37. The maximum absolute atomic E-state index is 13.6. The summed E-state index contributed by atoms with van der Waals surface area (Å²) in [7, 11) is 0. The van der Waals surface area contributed by atoms with E-state index in [2.05, 4.69) is 12.2 Å². The molecule has 0 aromatic heterocycles. The molecule has 2 N–H and O–H groups in total. The van der Waals surface area contributed by atoms with Gasteiger partial charge in [-0.2, -0.15) is 4.39 Å². The van der Waals surface area contributed by atoms with E-state index in [1.165, 1.54) is 12.1 Å². The van der Waals surface area contributed by atoms with Crippen LogP contribution in [0.2, 0.25) is 0 Å². The molecule has 20 heavy (non-hydrogen) atoms. The summed E-state index contributed by atoms with van der Waals surface area (Å²) in [6, 6.07) is 3.98. The van der Waals surface area contributed by atoms with Gasteiger partial charge in [-0.05, 0) is 43.7 Å². The average molecular weight is 282 g/mol. The number of rotatable bonds is 4. The molecule has 1 saturated carbocycles. The first kappa shape index (κ1) is 14.7. The highest BCUT2D eigenvalue weighted by atomic mass is 19.1. The lowest BCUT2D eigenvalue weighted by Crippen LogP contribution is -2.45. The van der Waals surface area contributed by atoms with Crippen molar-refractivity contribution in [3.63, 3.8) is 0 Å². The minimum Gasteiger partial charge on any atom is -0.394 e. The Bertz CT molecular complexity index is 499. The summed E-state index contributed by atoms with van der Waals surface area (Å²) in [5, 5.41) is 23.7. The molecule has 0 unspecified atom stereocenters. The molecule has 6 heteroatoms. The van der Waals surface area contributed by atoms with E-state index in [-0.39, 0.29) is 12.3 Å². The standard InChI is InChI=1S/C14H19FN2O3/c1-10-5-7-14(9-18,8-6-10)16-12-4-2-3-11(15)13(12)17(19)20/h2-4,10,16,18H,5-9H2,1H3. The molecule has 0 bridgehead atoms. The van der Waals surface area contributed by atoms with E-state index in [0.717, 1.165) is 31.7 Å². The quantitative estimate of drug-likeness (QED) is 0.657. The van der Waals surface area contributed by atoms with Crippen LogP contribution >= 0.6 is 0 Å². The number of nitrogens with one attached hydrogen (secondary N) is 1. The minimum absolute atomic E-state index is 0.118. The minimum atomic E-state index is -0.864. The van der Waals surface area contributed by atoms with Crippen molar-refractivity contribution in [3.05, 3.63) is 34.1 Å². The zero-order valence-electron chi connectivity index (χ0n) is 11.4. The second kappa shape index (κ2) is 5.75. The number of anilines is 1. The molecule has 1 fully saturated rings. The Morgan fingerprint density at radius 3 is 2.70 bits per heavy atom. The monoisotopic (exact) mass is 282 g/mol. The molecule has 5 nitrogen and oxygen atoms in total. The molecule has 1 aliphatic carbocycles. The molecule has 1 aromatic carbocycles. The highest BCUT2D eigenvalue weighted by Gasteiger charge is 2.35. The predicted octanol–water partition coefficient (Wildman–Crippen LogP) is 3.09. The molecule has 0 heterocycles. The number of halogens is 1. The largest absolute Gasteiger partial charge is 0.394 e. The summed E-state index contributed by atoms with van der Waals surface area (Å²) in [5.41, 5.74) is -1.01. The molecule has 0 radical (unpaired) electrons. The lowest BCUT2D eigenvalue weighted by Gasteiger charge is -2.39. The van der Waals surface area contributed by atoms with Gasteiger partial charge in [0.1, 0.15) is 5.69 Å². The molecule has 1 aliphatic rings. The van der Waals surface area contributed by atoms with Crippen molar-refractivity contribution in [2.45, 2.75) is 38.1 Å². The fourth-order valence-electron chi connectivity index (χ4n) is 2.72. The van der Waals surface area contributed by atoms with Gasteiger partial charge in [0.25, 0.3) is 0 Å². The molecule has 0 saturated heterocycles. The van der Waals surface area contributed by atoms with Crippen molar-refractivity contribution in [3.8, 4) is 0 Å². The van der Waals surface area contributed by atoms with E-state index in [0.29, 0.717) is 5.92 Å². The molecule has 0 spiro atoms. The molecule has 2 rings (SSSR count). The van der Waals surface area contributed by atoms with Gasteiger partial charge in [-0.3, -0.25) is 10.1 Å². The Labute approximate surface area is 117 Å². The first-order chi connectivity index (χ1) is 9.47. The van der Waals surface area contributed by atoms with E-state index in [1.54, 1.807) is 0 Å². The van der Waals surface area contributed by atoms with Crippen LogP contribution in [-0.2, 0) is 0 Å². The van der Waals surface area contributed by atoms with Crippen LogP contribution in [0.25, 0.3) is 0 Å². The van der Waals surface area contributed by atoms with Crippen LogP contribution in [0, 0.1) is 21.8 Å². The fraction of sp³-hybridized carbons (Fsp3) is 0.571. The first-order valence-corrected chi connectivity index (χ1v) is 6.79. The SMILES string of the molecule is CC1CCC(CO)(Nc2cccc(F)c2[N+](=O)[O-])CC1. The van der Waals surface area contributed by atoms with Gasteiger partial charge in [-0.15, -0.1) is 0 Å². The number of hydrogen-bond acceptors (Lipinski definition) is 4.